The normalized spacial score (nSPS) is 11.8. The summed E-state index contributed by atoms with van der Waals surface area (Å²) in [4.78, 5) is 0. The van der Waals surface area contributed by atoms with Gasteiger partial charge in [0.25, 0.3) is 0 Å². The van der Waals surface area contributed by atoms with Gasteiger partial charge in [0.15, 0.2) is 0 Å². The minimum absolute atomic E-state index is 1.05. The lowest BCUT2D eigenvalue weighted by molar-refractivity contribution is 0.520. The van der Waals surface area contributed by atoms with E-state index >= 15 is 0 Å². The average Bonchev–Trinajstić information content (AvgIpc) is 3.13. The predicted octanol–water partition coefficient (Wildman–Crippen LogP) is 11.6. The van der Waals surface area contributed by atoms with Crippen molar-refractivity contribution in [2.24, 2.45) is 0 Å². The molecule has 5 N–H and O–H groups in total. The van der Waals surface area contributed by atoms with E-state index in [9.17, 15) is 0 Å². The van der Waals surface area contributed by atoms with Crippen molar-refractivity contribution in [1.29, 1.82) is 0 Å². The smallest absolute Gasteiger partial charge is 0.0134 e. The van der Waals surface area contributed by atoms with E-state index in [2.05, 4.69) is 52.6 Å². The van der Waals surface area contributed by atoms with E-state index in [4.69, 9.17) is 0 Å². The molecule has 0 aromatic heterocycles. The third-order valence-electron chi connectivity index (χ3n) is 10.2. The molecule has 0 heterocycles. The predicted molar refractivity (Wildman–Crippen MR) is 228 cm³/mol. The highest BCUT2D eigenvalue weighted by Gasteiger charge is 1.97. The van der Waals surface area contributed by atoms with Crippen LogP contribution in [-0.4, -0.2) is 65.4 Å². The summed E-state index contributed by atoms with van der Waals surface area (Å²) in [5.74, 6) is 0. The highest BCUT2D eigenvalue weighted by molar-refractivity contribution is 4.83. The van der Waals surface area contributed by atoms with E-state index in [1.165, 1.54) is 245 Å². The zero-order valence-corrected chi connectivity index (χ0v) is 34.6. The second-order valence-electron chi connectivity index (χ2n) is 15.3. The summed E-state index contributed by atoms with van der Waals surface area (Å²) in [7, 11) is 0. The van der Waals surface area contributed by atoms with Crippen LogP contribution in [0.1, 0.15) is 213 Å². The van der Waals surface area contributed by atoms with E-state index in [1.54, 1.807) is 0 Å². The number of unbranched alkanes of at least 4 members (excludes halogenated alkanes) is 26. The van der Waals surface area contributed by atoms with E-state index in [-0.39, 0.29) is 0 Å². The fourth-order valence-corrected chi connectivity index (χ4v) is 6.81. The van der Waals surface area contributed by atoms with E-state index in [0.717, 1.165) is 19.6 Å². The maximum atomic E-state index is 3.64. The zero-order chi connectivity index (χ0) is 35.9. The van der Waals surface area contributed by atoms with Crippen LogP contribution in [0.15, 0.2) is 12.2 Å². The van der Waals surface area contributed by atoms with Crippen molar-refractivity contribution in [3.63, 3.8) is 0 Å². The number of allylic oxidation sites excluding steroid dienone is 1. The second kappa shape index (κ2) is 48.5. The van der Waals surface area contributed by atoms with Gasteiger partial charge in [0.2, 0.25) is 0 Å². The Labute approximate surface area is 316 Å². The molecule has 0 aromatic carbocycles. The first-order valence-electron chi connectivity index (χ1n) is 23.1. The van der Waals surface area contributed by atoms with Gasteiger partial charge in [-0.05, 0) is 123 Å². The van der Waals surface area contributed by atoms with Crippen LogP contribution in [0.4, 0.5) is 0 Å². The Morgan fingerprint density at radius 1 is 0.260 bits per heavy atom. The molecule has 0 rings (SSSR count). The van der Waals surface area contributed by atoms with Gasteiger partial charge in [0, 0.05) is 6.54 Å². The van der Waals surface area contributed by atoms with Gasteiger partial charge in [-0.2, -0.15) is 0 Å². The lowest BCUT2D eigenvalue weighted by Gasteiger charge is -2.07. The zero-order valence-electron chi connectivity index (χ0n) is 34.6. The van der Waals surface area contributed by atoms with Gasteiger partial charge in [-0.15, -0.1) is 0 Å². The van der Waals surface area contributed by atoms with Crippen LogP contribution in [0.25, 0.3) is 0 Å². The van der Waals surface area contributed by atoms with Crippen LogP contribution in [-0.2, 0) is 0 Å². The molecule has 0 aliphatic rings. The molecule has 300 valence electrons. The summed E-state index contributed by atoms with van der Waals surface area (Å²) in [6.07, 6.45) is 48.2. The number of nitrogens with one attached hydrogen (secondary N) is 5. The Morgan fingerprint density at radius 3 is 0.900 bits per heavy atom. The maximum Gasteiger partial charge on any atom is 0.0134 e. The first-order valence-corrected chi connectivity index (χ1v) is 23.1. The number of hydrogen-bond acceptors (Lipinski definition) is 5. The van der Waals surface area contributed by atoms with Crippen molar-refractivity contribution in [1.82, 2.24) is 26.6 Å². The summed E-state index contributed by atoms with van der Waals surface area (Å²) >= 11 is 0. The van der Waals surface area contributed by atoms with Crippen molar-refractivity contribution in [3.05, 3.63) is 12.2 Å². The fourth-order valence-electron chi connectivity index (χ4n) is 6.81. The van der Waals surface area contributed by atoms with Gasteiger partial charge >= 0.3 is 0 Å². The maximum absolute atomic E-state index is 3.64. The molecule has 0 fully saturated rings. The quantitative estimate of drug-likeness (QED) is 0.0322. The first kappa shape index (κ1) is 49.5. The Morgan fingerprint density at radius 2 is 0.540 bits per heavy atom. The largest absolute Gasteiger partial charge is 0.317 e. The summed E-state index contributed by atoms with van der Waals surface area (Å²) in [6, 6.07) is 0. The van der Waals surface area contributed by atoms with Crippen molar-refractivity contribution in [2.45, 2.75) is 213 Å². The van der Waals surface area contributed by atoms with Crippen molar-refractivity contribution in [3.8, 4) is 0 Å². The molecule has 0 aromatic rings. The molecule has 50 heavy (non-hydrogen) atoms. The topological polar surface area (TPSA) is 60.1 Å². The van der Waals surface area contributed by atoms with Crippen LogP contribution in [0, 0.1) is 0 Å². The van der Waals surface area contributed by atoms with Crippen LogP contribution in [0.5, 0.6) is 0 Å². The van der Waals surface area contributed by atoms with E-state index in [0.29, 0.717) is 0 Å². The van der Waals surface area contributed by atoms with Crippen molar-refractivity contribution >= 4 is 0 Å². The van der Waals surface area contributed by atoms with Crippen LogP contribution in [0.2, 0.25) is 0 Å². The monoisotopic (exact) mass is 706 g/mol. The molecule has 0 unspecified atom stereocenters. The van der Waals surface area contributed by atoms with Crippen LogP contribution in [0.3, 0.4) is 0 Å². The summed E-state index contributed by atoms with van der Waals surface area (Å²) in [5.41, 5.74) is 0. The summed E-state index contributed by atoms with van der Waals surface area (Å²) < 4.78 is 0. The van der Waals surface area contributed by atoms with Crippen molar-refractivity contribution < 1.29 is 0 Å². The molecule has 0 radical (unpaired) electrons. The standard InChI is InChI=1S/C45H95N5/c1-3-5-6-7-8-9-10-11-12-13-14-15-16-17-18-19-20-22-25-28-38-47-39-29-26-23-21-24-27-30-40-48-42-33-34-44-50-45-36-35-43-49-41-32-31-37-46-4-2/h26,29,46-50H,3-25,27-28,30-45H2,1-2H3/b29-26+. The molecular weight excluding hydrogens is 611 g/mol. The van der Waals surface area contributed by atoms with Gasteiger partial charge in [-0.25, -0.2) is 0 Å². The molecule has 0 bridgehead atoms. The lowest BCUT2D eigenvalue weighted by Crippen LogP contribution is -2.22. The molecule has 0 spiro atoms. The van der Waals surface area contributed by atoms with Gasteiger partial charge in [0.05, 0.1) is 0 Å². The summed E-state index contributed by atoms with van der Waals surface area (Å²) in [6.45, 7) is 16.0. The van der Waals surface area contributed by atoms with Gasteiger partial charge < -0.3 is 26.6 Å². The Balaban J connectivity index is 3.09. The third-order valence-corrected chi connectivity index (χ3v) is 10.2. The average molecular weight is 706 g/mol. The van der Waals surface area contributed by atoms with Crippen LogP contribution >= 0.6 is 0 Å². The molecule has 0 atom stereocenters. The molecule has 0 saturated carbocycles. The second-order valence-corrected chi connectivity index (χ2v) is 15.3. The lowest BCUT2D eigenvalue weighted by atomic mass is 10.0. The van der Waals surface area contributed by atoms with E-state index < -0.39 is 0 Å². The summed E-state index contributed by atoms with van der Waals surface area (Å²) in [5, 5.41) is 17.8. The number of hydrogen-bond donors (Lipinski definition) is 5. The van der Waals surface area contributed by atoms with Crippen molar-refractivity contribution in [2.75, 3.05) is 65.4 Å². The fraction of sp³-hybridized carbons (Fsp3) is 0.956. The highest BCUT2D eigenvalue weighted by Crippen LogP contribution is 2.15. The van der Waals surface area contributed by atoms with Crippen LogP contribution < -0.4 is 26.6 Å². The first-order chi connectivity index (χ1) is 24.9. The molecule has 0 amide bonds. The molecule has 0 saturated heterocycles. The molecular formula is C45H95N5. The molecule has 0 aliphatic heterocycles. The SMILES string of the molecule is CCCCCCCCCCCCCCCCCCCCCCNC/C=C/CCCCCCNCCCCNCCCCNCCCCNCC. The minimum Gasteiger partial charge on any atom is -0.317 e. The molecule has 5 nitrogen and oxygen atoms in total. The van der Waals surface area contributed by atoms with E-state index in [1.807, 2.05) is 0 Å². The molecule has 5 heteroatoms. The highest BCUT2D eigenvalue weighted by atomic mass is 14.9. The molecule has 0 aliphatic carbocycles. The minimum atomic E-state index is 1.05. The number of rotatable bonds is 46. The van der Waals surface area contributed by atoms with Gasteiger partial charge in [0.1, 0.15) is 0 Å². The van der Waals surface area contributed by atoms with Gasteiger partial charge in [-0.1, -0.05) is 161 Å². The Hall–Kier alpha value is -0.460. The van der Waals surface area contributed by atoms with Gasteiger partial charge in [-0.3, -0.25) is 0 Å². The Kier molecular flexibility index (Phi) is 48.1. The Bertz CT molecular complexity index is 548. The third kappa shape index (κ3) is 47.5.